The van der Waals surface area contributed by atoms with Gasteiger partial charge in [0.2, 0.25) is 5.91 Å². The predicted molar refractivity (Wildman–Crippen MR) is 77.7 cm³/mol. The highest BCUT2D eigenvalue weighted by molar-refractivity contribution is 5.95. The van der Waals surface area contributed by atoms with Crippen molar-refractivity contribution in [2.45, 2.75) is 26.3 Å². The molecule has 2 rings (SSSR count). The van der Waals surface area contributed by atoms with Crippen LogP contribution in [0.4, 0.5) is 0 Å². The molecule has 1 saturated heterocycles. The summed E-state index contributed by atoms with van der Waals surface area (Å²) in [5, 5.41) is 5.51. The van der Waals surface area contributed by atoms with Gasteiger partial charge in [0.1, 0.15) is 0 Å². The molecule has 2 amide bonds. The Hall–Kier alpha value is -2.24. The molecular formula is C15H20N2O4. The lowest BCUT2D eigenvalue weighted by Crippen LogP contribution is -2.36. The summed E-state index contributed by atoms with van der Waals surface area (Å²) in [5.41, 5.74) is 0.487. The molecule has 1 aromatic carbocycles. The molecule has 21 heavy (non-hydrogen) atoms. The van der Waals surface area contributed by atoms with Crippen LogP contribution in [0, 0.1) is 0 Å². The molecule has 6 nitrogen and oxygen atoms in total. The molecule has 0 unspecified atom stereocenters. The molecule has 1 aromatic rings. The normalized spacial score (nSPS) is 17.2. The standard InChI is InChI=1S/C15H20N2O4/c1-3-20-12-6-5-10(7-13(12)21-4-2)15(19)17-11-8-14(18)16-9-11/h5-7,11H,3-4,8-9H2,1-2H3,(H,16,18)(H,17,19)/t11-/m1/s1. The summed E-state index contributed by atoms with van der Waals surface area (Å²) < 4.78 is 11.0. The number of carbonyl (C=O) groups is 2. The number of amides is 2. The van der Waals surface area contributed by atoms with Crippen molar-refractivity contribution in [2.24, 2.45) is 0 Å². The quantitative estimate of drug-likeness (QED) is 0.823. The minimum atomic E-state index is -0.222. The Bertz CT molecular complexity index is 530. The SMILES string of the molecule is CCOc1ccc(C(=O)N[C@H]2CNC(=O)C2)cc1OCC. The molecule has 0 spiro atoms. The second-order valence-electron chi connectivity index (χ2n) is 4.71. The van der Waals surface area contributed by atoms with Gasteiger partial charge in [0, 0.05) is 18.5 Å². The molecule has 1 atom stereocenters. The summed E-state index contributed by atoms with van der Waals surface area (Å²) in [7, 11) is 0. The van der Waals surface area contributed by atoms with Crippen molar-refractivity contribution in [3.8, 4) is 11.5 Å². The number of rotatable bonds is 6. The number of hydrogen-bond donors (Lipinski definition) is 2. The molecule has 114 valence electrons. The van der Waals surface area contributed by atoms with E-state index in [4.69, 9.17) is 9.47 Å². The van der Waals surface area contributed by atoms with E-state index in [0.717, 1.165) is 0 Å². The lowest BCUT2D eigenvalue weighted by Gasteiger charge is -2.14. The van der Waals surface area contributed by atoms with Gasteiger partial charge in [0.15, 0.2) is 11.5 Å². The average molecular weight is 292 g/mol. The summed E-state index contributed by atoms with van der Waals surface area (Å²) in [6.45, 7) is 5.26. The Labute approximate surface area is 123 Å². The van der Waals surface area contributed by atoms with Crippen LogP contribution in [0.15, 0.2) is 18.2 Å². The van der Waals surface area contributed by atoms with Crippen LogP contribution in [0.5, 0.6) is 11.5 Å². The minimum absolute atomic E-state index is 0.0398. The Morgan fingerprint density at radius 3 is 2.62 bits per heavy atom. The monoisotopic (exact) mass is 292 g/mol. The fourth-order valence-electron chi connectivity index (χ4n) is 2.17. The van der Waals surface area contributed by atoms with E-state index in [2.05, 4.69) is 10.6 Å². The highest BCUT2D eigenvalue weighted by atomic mass is 16.5. The first-order valence-electron chi connectivity index (χ1n) is 7.11. The number of ether oxygens (including phenoxy) is 2. The second kappa shape index (κ2) is 6.97. The van der Waals surface area contributed by atoms with E-state index in [1.165, 1.54) is 0 Å². The Morgan fingerprint density at radius 1 is 1.29 bits per heavy atom. The molecule has 1 aliphatic heterocycles. The molecule has 0 bridgehead atoms. The zero-order chi connectivity index (χ0) is 15.2. The Balaban J connectivity index is 2.09. The van der Waals surface area contributed by atoms with E-state index in [1.54, 1.807) is 18.2 Å². The lowest BCUT2D eigenvalue weighted by atomic mass is 10.1. The minimum Gasteiger partial charge on any atom is -0.490 e. The fourth-order valence-corrected chi connectivity index (χ4v) is 2.17. The number of carbonyl (C=O) groups excluding carboxylic acids is 2. The average Bonchev–Trinajstić information content (AvgIpc) is 2.86. The van der Waals surface area contributed by atoms with Gasteiger partial charge < -0.3 is 20.1 Å². The van der Waals surface area contributed by atoms with Gasteiger partial charge in [0.05, 0.1) is 19.3 Å². The van der Waals surface area contributed by atoms with E-state index in [1.807, 2.05) is 13.8 Å². The first-order valence-corrected chi connectivity index (χ1v) is 7.11. The van der Waals surface area contributed by atoms with Crippen LogP contribution in [0.2, 0.25) is 0 Å². The topological polar surface area (TPSA) is 76.7 Å². The van der Waals surface area contributed by atoms with E-state index < -0.39 is 0 Å². The molecule has 1 aliphatic rings. The molecule has 6 heteroatoms. The van der Waals surface area contributed by atoms with Crippen LogP contribution in [0.3, 0.4) is 0 Å². The lowest BCUT2D eigenvalue weighted by molar-refractivity contribution is -0.119. The van der Waals surface area contributed by atoms with Crippen LogP contribution < -0.4 is 20.1 Å². The highest BCUT2D eigenvalue weighted by Crippen LogP contribution is 2.28. The molecule has 0 saturated carbocycles. The first kappa shape index (κ1) is 15.2. The molecule has 2 N–H and O–H groups in total. The van der Waals surface area contributed by atoms with Crippen molar-refractivity contribution < 1.29 is 19.1 Å². The van der Waals surface area contributed by atoms with Gasteiger partial charge in [0.25, 0.3) is 5.91 Å². The Kier molecular flexibility index (Phi) is 5.03. The summed E-state index contributed by atoms with van der Waals surface area (Å²) in [4.78, 5) is 23.3. The van der Waals surface area contributed by atoms with Crippen LogP contribution in [0.1, 0.15) is 30.6 Å². The van der Waals surface area contributed by atoms with E-state index >= 15 is 0 Å². The van der Waals surface area contributed by atoms with Gasteiger partial charge in [-0.15, -0.1) is 0 Å². The molecular weight excluding hydrogens is 272 g/mol. The van der Waals surface area contributed by atoms with Gasteiger partial charge in [-0.05, 0) is 32.0 Å². The molecule has 1 fully saturated rings. The maximum Gasteiger partial charge on any atom is 0.251 e. The molecule has 0 aromatic heterocycles. The van der Waals surface area contributed by atoms with Crippen molar-refractivity contribution >= 4 is 11.8 Å². The van der Waals surface area contributed by atoms with Gasteiger partial charge >= 0.3 is 0 Å². The summed E-state index contributed by atoms with van der Waals surface area (Å²) in [5.74, 6) is 0.906. The van der Waals surface area contributed by atoms with Gasteiger partial charge in [-0.2, -0.15) is 0 Å². The third-order valence-electron chi connectivity index (χ3n) is 3.12. The maximum absolute atomic E-state index is 12.2. The largest absolute Gasteiger partial charge is 0.490 e. The van der Waals surface area contributed by atoms with Crippen LogP contribution >= 0.6 is 0 Å². The van der Waals surface area contributed by atoms with Crippen molar-refractivity contribution in [1.82, 2.24) is 10.6 Å². The van der Waals surface area contributed by atoms with Crippen LogP contribution in [0.25, 0.3) is 0 Å². The van der Waals surface area contributed by atoms with Crippen molar-refractivity contribution in [3.63, 3.8) is 0 Å². The van der Waals surface area contributed by atoms with Crippen molar-refractivity contribution in [2.75, 3.05) is 19.8 Å². The summed E-state index contributed by atoms with van der Waals surface area (Å²) in [6, 6.07) is 4.91. The third kappa shape index (κ3) is 3.87. The zero-order valence-corrected chi connectivity index (χ0v) is 12.3. The molecule has 1 heterocycles. The molecule has 0 radical (unpaired) electrons. The van der Waals surface area contributed by atoms with Crippen molar-refractivity contribution in [3.05, 3.63) is 23.8 Å². The van der Waals surface area contributed by atoms with Crippen molar-refractivity contribution in [1.29, 1.82) is 0 Å². The molecule has 0 aliphatic carbocycles. The van der Waals surface area contributed by atoms with Crippen LogP contribution in [-0.4, -0.2) is 37.6 Å². The van der Waals surface area contributed by atoms with Gasteiger partial charge in [-0.25, -0.2) is 0 Å². The smallest absolute Gasteiger partial charge is 0.251 e. The fraction of sp³-hybridized carbons (Fsp3) is 0.467. The van der Waals surface area contributed by atoms with Gasteiger partial charge in [-0.3, -0.25) is 9.59 Å². The second-order valence-corrected chi connectivity index (χ2v) is 4.71. The predicted octanol–water partition coefficient (Wildman–Crippen LogP) is 1.10. The number of benzene rings is 1. The van der Waals surface area contributed by atoms with E-state index in [-0.39, 0.29) is 17.9 Å². The summed E-state index contributed by atoms with van der Waals surface area (Å²) >= 11 is 0. The Morgan fingerprint density at radius 2 is 2.00 bits per heavy atom. The first-order chi connectivity index (χ1) is 10.1. The van der Waals surface area contributed by atoms with E-state index in [9.17, 15) is 9.59 Å². The number of nitrogens with one attached hydrogen (secondary N) is 2. The third-order valence-corrected chi connectivity index (χ3v) is 3.12. The zero-order valence-electron chi connectivity index (χ0n) is 12.3. The van der Waals surface area contributed by atoms with Gasteiger partial charge in [-0.1, -0.05) is 0 Å². The van der Waals surface area contributed by atoms with E-state index in [0.29, 0.717) is 43.2 Å². The van der Waals surface area contributed by atoms with Crippen LogP contribution in [-0.2, 0) is 4.79 Å². The summed E-state index contributed by atoms with van der Waals surface area (Å²) in [6.07, 6.45) is 0.321. The highest BCUT2D eigenvalue weighted by Gasteiger charge is 2.23. The maximum atomic E-state index is 12.2. The number of hydrogen-bond acceptors (Lipinski definition) is 4.